The first kappa shape index (κ1) is 15.5. The summed E-state index contributed by atoms with van der Waals surface area (Å²) in [5.41, 5.74) is 0. The van der Waals surface area contributed by atoms with Crippen molar-refractivity contribution in [1.29, 1.82) is 0 Å². The first-order chi connectivity index (χ1) is 8.54. The number of hydrogen-bond acceptors (Lipinski definition) is 4. The van der Waals surface area contributed by atoms with Gasteiger partial charge >= 0.3 is 0 Å². The van der Waals surface area contributed by atoms with Crippen molar-refractivity contribution in [3.05, 3.63) is 0 Å². The maximum atomic E-state index is 12.2. The van der Waals surface area contributed by atoms with E-state index in [4.69, 9.17) is 0 Å². The number of imide groups is 1. The number of amides is 2. The summed E-state index contributed by atoms with van der Waals surface area (Å²) >= 11 is 1.76. The monoisotopic (exact) mass is 272 g/mol. The van der Waals surface area contributed by atoms with Crippen LogP contribution in [0.25, 0.3) is 0 Å². The number of rotatable bonds is 7. The third kappa shape index (κ3) is 3.48. The maximum absolute atomic E-state index is 12.2. The average molecular weight is 272 g/mol. The molecule has 0 spiro atoms. The van der Waals surface area contributed by atoms with E-state index in [9.17, 15) is 9.59 Å². The summed E-state index contributed by atoms with van der Waals surface area (Å²) in [6.07, 6.45) is 4.15. The molecule has 3 atom stereocenters. The van der Waals surface area contributed by atoms with Crippen LogP contribution in [-0.4, -0.2) is 46.8 Å². The summed E-state index contributed by atoms with van der Waals surface area (Å²) < 4.78 is 0. The van der Waals surface area contributed by atoms with E-state index in [-0.39, 0.29) is 23.9 Å². The van der Waals surface area contributed by atoms with Gasteiger partial charge in [0.1, 0.15) is 0 Å². The van der Waals surface area contributed by atoms with Crippen LogP contribution in [-0.2, 0) is 9.59 Å². The van der Waals surface area contributed by atoms with Crippen molar-refractivity contribution in [2.45, 2.75) is 58.2 Å². The molecule has 1 aliphatic heterocycles. The molecule has 0 aromatic carbocycles. The second kappa shape index (κ2) is 7.14. The minimum Gasteiger partial charge on any atom is -0.302 e. The van der Waals surface area contributed by atoms with Gasteiger partial charge in [-0.2, -0.15) is 11.8 Å². The summed E-state index contributed by atoms with van der Waals surface area (Å²) in [4.78, 5) is 25.5. The summed E-state index contributed by atoms with van der Waals surface area (Å²) in [5.74, 6) is 0.886. The van der Waals surface area contributed by atoms with Crippen molar-refractivity contribution in [1.82, 2.24) is 10.2 Å². The van der Waals surface area contributed by atoms with E-state index >= 15 is 0 Å². The van der Waals surface area contributed by atoms with E-state index in [1.807, 2.05) is 13.8 Å². The highest BCUT2D eigenvalue weighted by atomic mass is 32.2. The van der Waals surface area contributed by atoms with Crippen molar-refractivity contribution in [3.8, 4) is 0 Å². The minimum atomic E-state index is -0.316. The Morgan fingerprint density at radius 2 is 2.06 bits per heavy atom. The Morgan fingerprint density at radius 1 is 1.39 bits per heavy atom. The lowest BCUT2D eigenvalue weighted by atomic mass is 10.2. The normalized spacial score (nSPS) is 23.6. The largest absolute Gasteiger partial charge is 0.302 e. The molecule has 104 valence electrons. The van der Waals surface area contributed by atoms with Crippen LogP contribution in [0.15, 0.2) is 0 Å². The molecule has 18 heavy (non-hydrogen) atoms. The number of carbonyl (C=O) groups excluding carboxylic acids is 2. The second-order valence-corrected chi connectivity index (χ2v) is 5.75. The lowest BCUT2D eigenvalue weighted by Gasteiger charge is -2.23. The Kier molecular flexibility index (Phi) is 6.15. The van der Waals surface area contributed by atoms with Gasteiger partial charge in [-0.1, -0.05) is 13.8 Å². The SMILES string of the molecule is CCC(CSC)NC1CC(=O)N(C(C)CC)C1=O. The van der Waals surface area contributed by atoms with E-state index in [1.165, 1.54) is 4.90 Å². The minimum absolute atomic E-state index is 0.0115. The molecule has 1 heterocycles. The van der Waals surface area contributed by atoms with Crippen LogP contribution in [0, 0.1) is 0 Å². The lowest BCUT2D eigenvalue weighted by molar-refractivity contribution is -0.141. The van der Waals surface area contributed by atoms with Gasteiger partial charge in [0.25, 0.3) is 0 Å². The highest BCUT2D eigenvalue weighted by Gasteiger charge is 2.40. The van der Waals surface area contributed by atoms with Gasteiger partial charge in [-0.25, -0.2) is 0 Å². The van der Waals surface area contributed by atoms with Crippen molar-refractivity contribution >= 4 is 23.6 Å². The van der Waals surface area contributed by atoms with Crippen LogP contribution in [0.1, 0.15) is 40.0 Å². The fourth-order valence-electron chi connectivity index (χ4n) is 2.20. The van der Waals surface area contributed by atoms with Crippen LogP contribution in [0.2, 0.25) is 0 Å². The number of likely N-dealkylation sites (tertiary alicyclic amines) is 1. The van der Waals surface area contributed by atoms with Gasteiger partial charge in [-0.3, -0.25) is 14.5 Å². The fourth-order valence-corrected chi connectivity index (χ4v) is 2.93. The molecule has 1 saturated heterocycles. The molecule has 3 unspecified atom stereocenters. The summed E-state index contributed by atoms with van der Waals surface area (Å²) in [6, 6.07) is -0.000315. The Morgan fingerprint density at radius 3 is 2.56 bits per heavy atom. The standard InChI is InChI=1S/C13H24N2O2S/c1-5-9(3)15-12(16)7-11(13(15)17)14-10(6-2)8-18-4/h9-11,14H,5-8H2,1-4H3. The van der Waals surface area contributed by atoms with Crippen molar-refractivity contribution in [2.75, 3.05) is 12.0 Å². The van der Waals surface area contributed by atoms with Gasteiger partial charge < -0.3 is 5.32 Å². The fraction of sp³-hybridized carbons (Fsp3) is 0.846. The first-order valence-corrected chi connectivity index (χ1v) is 8.05. The van der Waals surface area contributed by atoms with Crippen LogP contribution in [0.3, 0.4) is 0 Å². The first-order valence-electron chi connectivity index (χ1n) is 6.65. The zero-order valence-corrected chi connectivity index (χ0v) is 12.5. The van der Waals surface area contributed by atoms with E-state index in [2.05, 4.69) is 18.5 Å². The molecule has 2 amide bonds. The van der Waals surface area contributed by atoms with Gasteiger partial charge in [0, 0.05) is 17.8 Å². The van der Waals surface area contributed by atoms with Crippen LogP contribution < -0.4 is 5.32 Å². The molecule has 0 aromatic heterocycles. The molecule has 4 nitrogen and oxygen atoms in total. The van der Waals surface area contributed by atoms with Gasteiger partial charge in [0.2, 0.25) is 11.8 Å². The van der Waals surface area contributed by atoms with Crippen molar-refractivity contribution in [2.24, 2.45) is 0 Å². The van der Waals surface area contributed by atoms with Gasteiger partial charge in [0.05, 0.1) is 12.5 Å². The topological polar surface area (TPSA) is 49.4 Å². The average Bonchev–Trinajstić information content (AvgIpc) is 2.63. The van der Waals surface area contributed by atoms with E-state index in [0.29, 0.717) is 12.5 Å². The highest BCUT2D eigenvalue weighted by molar-refractivity contribution is 7.98. The second-order valence-electron chi connectivity index (χ2n) is 4.84. The number of hydrogen-bond donors (Lipinski definition) is 1. The van der Waals surface area contributed by atoms with Gasteiger partial charge in [-0.15, -0.1) is 0 Å². The molecular weight excluding hydrogens is 248 g/mol. The number of nitrogens with zero attached hydrogens (tertiary/aromatic N) is 1. The predicted molar refractivity (Wildman–Crippen MR) is 75.6 cm³/mol. The molecule has 0 aromatic rings. The molecule has 0 bridgehead atoms. The smallest absolute Gasteiger partial charge is 0.247 e. The maximum Gasteiger partial charge on any atom is 0.247 e. The third-order valence-electron chi connectivity index (χ3n) is 3.51. The molecule has 0 radical (unpaired) electrons. The molecular formula is C13H24N2O2S. The van der Waals surface area contributed by atoms with Crippen LogP contribution >= 0.6 is 11.8 Å². The molecule has 0 saturated carbocycles. The van der Waals surface area contributed by atoms with Gasteiger partial charge in [-0.05, 0) is 26.0 Å². The zero-order chi connectivity index (χ0) is 13.7. The Bertz CT molecular complexity index is 309. The molecule has 5 heteroatoms. The Hall–Kier alpha value is -0.550. The van der Waals surface area contributed by atoms with Crippen LogP contribution in [0.5, 0.6) is 0 Å². The van der Waals surface area contributed by atoms with Crippen LogP contribution in [0.4, 0.5) is 0 Å². The molecule has 0 aliphatic carbocycles. The molecule has 1 aliphatic rings. The quantitative estimate of drug-likeness (QED) is 0.716. The predicted octanol–water partition coefficient (Wildman–Crippen LogP) is 1.64. The lowest BCUT2D eigenvalue weighted by Crippen LogP contribution is -2.46. The summed E-state index contributed by atoms with van der Waals surface area (Å²) in [5, 5.41) is 3.32. The van der Waals surface area contributed by atoms with E-state index in [1.54, 1.807) is 11.8 Å². The number of carbonyl (C=O) groups is 2. The number of nitrogens with one attached hydrogen (secondary N) is 1. The Balaban J connectivity index is 2.65. The van der Waals surface area contributed by atoms with E-state index in [0.717, 1.165) is 18.6 Å². The zero-order valence-electron chi connectivity index (χ0n) is 11.7. The van der Waals surface area contributed by atoms with E-state index < -0.39 is 0 Å². The third-order valence-corrected chi connectivity index (χ3v) is 4.25. The molecule has 1 rings (SSSR count). The molecule has 1 fully saturated rings. The highest BCUT2D eigenvalue weighted by Crippen LogP contribution is 2.19. The number of thioether (sulfide) groups is 1. The summed E-state index contributed by atoms with van der Waals surface area (Å²) in [7, 11) is 0. The van der Waals surface area contributed by atoms with Gasteiger partial charge in [0.15, 0.2) is 0 Å². The summed E-state index contributed by atoms with van der Waals surface area (Å²) in [6.45, 7) is 6.02. The van der Waals surface area contributed by atoms with Crippen molar-refractivity contribution in [3.63, 3.8) is 0 Å². The Labute approximate surface area is 114 Å². The van der Waals surface area contributed by atoms with Crippen molar-refractivity contribution < 1.29 is 9.59 Å². The molecule has 1 N–H and O–H groups in total.